The summed E-state index contributed by atoms with van der Waals surface area (Å²) in [5.74, 6) is 0. The minimum absolute atomic E-state index is 0.200. The summed E-state index contributed by atoms with van der Waals surface area (Å²) in [6, 6.07) is 9.13. The lowest BCUT2D eigenvalue weighted by Crippen LogP contribution is -2.24. The first-order valence-electron chi connectivity index (χ1n) is 6.33. The predicted octanol–water partition coefficient (Wildman–Crippen LogP) is 3.87. The van der Waals surface area contributed by atoms with Gasteiger partial charge in [0.2, 0.25) is 0 Å². The maximum absolute atomic E-state index is 12.4. The summed E-state index contributed by atoms with van der Waals surface area (Å²) >= 11 is 0.899. The molecular weight excluding hydrogens is 301 g/mol. The van der Waals surface area contributed by atoms with E-state index in [2.05, 4.69) is 10.3 Å². The van der Waals surface area contributed by atoms with Crippen LogP contribution in [0.3, 0.4) is 0 Å². The van der Waals surface area contributed by atoms with Crippen molar-refractivity contribution in [2.45, 2.75) is 25.1 Å². The van der Waals surface area contributed by atoms with Crippen LogP contribution in [0, 0.1) is 0 Å². The van der Waals surface area contributed by atoms with E-state index in [4.69, 9.17) is 0 Å². The largest absolute Gasteiger partial charge is 0.434 e. The maximum atomic E-state index is 12.4. The summed E-state index contributed by atoms with van der Waals surface area (Å²) in [5, 5.41) is 14.3. The fourth-order valence-electron chi connectivity index (χ4n) is 1.84. The number of aliphatic hydroxyl groups is 1. The molecular formula is C14H15F3N2OS. The number of benzene rings is 1. The number of nitrogens with zero attached hydrogens (tertiary/aromatic N) is 1. The van der Waals surface area contributed by atoms with Crippen molar-refractivity contribution in [3.05, 3.63) is 47.0 Å². The third-order valence-electron chi connectivity index (χ3n) is 3.08. The van der Waals surface area contributed by atoms with Crippen LogP contribution in [-0.4, -0.2) is 16.6 Å². The van der Waals surface area contributed by atoms with Gasteiger partial charge in [0, 0.05) is 11.9 Å². The van der Waals surface area contributed by atoms with E-state index < -0.39 is 17.5 Å². The molecule has 0 saturated heterocycles. The summed E-state index contributed by atoms with van der Waals surface area (Å²) in [6.45, 7) is 2.00. The Bertz CT molecular complexity index is 581. The predicted molar refractivity (Wildman–Crippen MR) is 76.2 cm³/mol. The van der Waals surface area contributed by atoms with Crippen molar-refractivity contribution < 1.29 is 18.3 Å². The first kappa shape index (κ1) is 15.8. The molecule has 0 spiro atoms. The quantitative estimate of drug-likeness (QED) is 0.880. The minimum atomic E-state index is -4.42. The van der Waals surface area contributed by atoms with Crippen LogP contribution >= 0.6 is 11.3 Å². The number of thiazole rings is 1. The number of aromatic nitrogens is 1. The van der Waals surface area contributed by atoms with Gasteiger partial charge in [-0.15, -0.1) is 11.3 Å². The van der Waals surface area contributed by atoms with E-state index in [-0.39, 0.29) is 5.13 Å². The van der Waals surface area contributed by atoms with Gasteiger partial charge in [0.25, 0.3) is 0 Å². The number of hydrogen-bond acceptors (Lipinski definition) is 4. The fourth-order valence-corrected chi connectivity index (χ4v) is 2.59. The molecule has 0 bridgehead atoms. The van der Waals surface area contributed by atoms with Crippen LogP contribution in [0.15, 0.2) is 35.7 Å². The normalized spacial score (nSPS) is 14.7. The van der Waals surface area contributed by atoms with Gasteiger partial charge in [-0.05, 0) is 18.9 Å². The molecule has 0 aliphatic carbocycles. The van der Waals surface area contributed by atoms with Gasteiger partial charge in [0.1, 0.15) is 0 Å². The molecule has 1 aromatic heterocycles. The second-order valence-electron chi connectivity index (χ2n) is 4.85. The van der Waals surface area contributed by atoms with E-state index in [1.54, 1.807) is 6.92 Å². The van der Waals surface area contributed by atoms with Crippen molar-refractivity contribution in [2.24, 2.45) is 0 Å². The first-order chi connectivity index (χ1) is 9.79. The van der Waals surface area contributed by atoms with E-state index in [1.165, 1.54) is 0 Å². The average Bonchev–Trinajstić information content (AvgIpc) is 2.88. The van der Waals surface area contributed by atoms with Gasteiger partial charge >= 0.3 is 6.18 Å². The Kier molecular flexibility index (Phi) is 4.53. The molecule has 1 atom stereocenters. The van der Waals surface area contributed by atoms with E-state index in [1.807, 2.05) is 30.3 Å². The third kappa shape index (κ3) is 4.18. The topological polar surface area (TPSA) is 45.1 Å². The Morgan fingerprint density at radius 2 is 1.90 bits per heavy atom. The number of alkyl halides is 3. The molecule has 0 aliphatic rings. The van der Waals surface area contributed by atoms with Crippen molar-refractivity contribution in [2.75, 3.05) is 11.9 Å². The van der Waals surface area contributed by atoms with Gasteiger partial charge in [0.15, 0.2) is 10.8 Å². The Labute approximate surface area is 124 Å². The molecule has 0 amide bonds. The summed E-state index contributed by atoms with van der Waals surface area (Å²) in [5.41, 5.74) is -1.18. The van der Waals surface area contributed by atoms with Crippen molar-refractivity contribution in [3.8, 4) is 0 Å². The van der Waals surface area contributed by atoms with Crippen LogP contribution in [0.5, 0.6) is 0 Å². The molecule has 21 heavy (non-hydrogen) atoms. The Morgan fingerprint density at radius 1 is 1.24 bits per heavy atom. The molecule has 1 aromatic carbocycles. The number of hydrogen-bond donors (Lipinski definition) is 2. The van der Waals surface area contributed by atoms with Crippen LogP contribution in [0.2, 0.25) is 0 Å². The summed E-state index contributed by atoms with van der Waals surface area (Å²) in [7, 11) is 0. The zero-order valence-corrected chi connectivity index (χ0v) is 12.1. The van der Waals surface area contributed by atoms with E-state index in [0.29, 0.717) is 13.0 Å². The highest BCUT2D eigenvalue weighted by atomic mass is 32.1. The zero-order valence-electron chi connectivity index (χ0n) is 11.3. The Morgan fingerprint density at radius 3 is 2.48 bits per heavy atom. The Hall–Kier alpha value is -1.60. The second-order valence-corrected chi connectivity index (χ2v) is 5.71. The smallest absolute Gasteiger partial charge is 0.385 e. The molecule has 0 aliphatic heterocycles. The van der Waals surface area contributed by atoms with Gasteiger partial charge in [-0.2, -0.15) is 13.2 Å². The van der Waals surface area contributed by atoms with Crippen molar-refractivity contribution in [3.63, 3.8) is 0 Å². The SMILES string of the molecule is CC(O)(CCNc1nc(C(F)(F)F)cs1)c1ccccc1. The highest BCUT2D eigenvalue weighted by Crippen LogP contribution is 2.32. The van der Waals surface area contributed by atoms with E-state index >= 15 is 0 Å². The number of halogens is 3. The molecule has 2 rings (SSSR count). The molecule has 1 unspecified atom stereocenters. The van der Waals surface area contributed by atoms with Gasteiger partial charge in [0.05, 0.1) is 5.60 Å². The van der Waals surface area contributed by atoms with E-state index in [0.717, 1.165) is 22.3 Å². The van der Waals surface area contributed by atoms with Gasteiger partial charge in [-0.25, -0.2) is 4.98 Å². The lowest BCUT2D eigenvalue weighted by Gasteiger charge is -2.23. The van der Waals surface area contributed by atoms with Crippen molar-refractivity contribution in [1.29, 1.82) is 0 Å². The summed E-state index contributed by atoms with van der Waals surface area (Å²) in [4.78, 5) is 3.47. The molecule has 2 aromatic rings. The summed E-state index contributed by atoms with van der Waals surface area (Å²) < 4.78 is 37.2. The molecule has 0 radical (unpaired) electrons. The minimum Gasteiger partial charge on any atom is -0.385 e. The monoisotopic (exact) mass is 316 g/mol. The van der Waals surface area contributed by atoms with Crippen molar-refractivity contribution >= 4 is 16.5 Å². The van der Waals surface area contributed by atoms with Crippen LogP contribution < -0.4 is 5.32 Å². The lowest BCUT2D eigenvalue weighted by atomic mass is 9.93. The molecule has 3 nitrogen and oxygen atoms in total. The fraction of sp³-hybridized carbons (Fsp3) is 0.357. The highest BCUT2D eigenvalue weighted by molar-refractivity contribution is 7.13. The lowest BCUT2D eigenvalue weighted by molar-refractivity contribution is -0.140. The van der Waals surface area contributed by atoms with Gasteiger partial charge in [-0.1, -0.05) is 30.3 Å². The number of rotatable bonds is 5. The first-order valence-corrected chi connectivity index (χ1v) is 7.21. The third-order valence-corrected chi connectivity index (χ3v) is 3.88. The van der Waals surface area contributed by atoms with Crippen molar-refractivity contribution in [1.82, 2.24) is 4.98 Å². The Balaban J connectivity index is 1.91. The zero-order chi connectivity index (χ0) is 15.5. The number of anilines is 1. The van der Waals surface area contributed by atoms with Crippen LogP contribution in [0.25, 0.3) is 0 Å². The molecule has 1 heterocycles. The maximum Gasteiger partial charge on any atom is 0.434 e. The van der Waals surface area contributed by atoms with E-state index in [9.17, 15) is 18.3 Å². The molecule has 2 N–H and O–H groups in total. The molecule has 7 heteroatoms. The standard InChI is InChI=1S/C14H15F3N2OS/c1-13(20,10-5-3-2-4-6-10)7-8-18-12-19-11(9-21-12)14(15,16)17/h2-6,9,20H,7-8H2,1H3,(H,18,19). The highest BCUT2D eigenvalue weighted by Gasteiger charge is 2.33. The van der Waals surface area contributed by atoms with Gasteiger partial charge < -0.3 is 10.4 Å². The number of nitrogens with one attached hydrogen (secondary N) is 1. The van der Waals surface area contributed by atoms with Crippen LogP contribution in [0.1, 0.15) is 24.6 Å². The average molecular weight is 316 g/mol. The molecule has 114 valence electrons. The molecule has 0 saturated carbocycles. The second kappa shape index (κ2) is 6.03. The molecule has 0 fully saturated rings. The van der Waals surface area contributed by atoms with Crippen LogP contribution in [-0.2, 0) is 11.8 Å². The summed E-state index contributed by atoms with van der Waals surface area (Å²) in [6.07, 6.45) is -4.07. The van der Waals surface area contributed by atoms with Crippen LogP contribution in [0.4, 0.5) is 18.3 Å². The van der Waals surface area contributed by atoms with Gasteiger partial charge in [-0.3, -0.25) is 0 Å².